The Morgan fingerprint density at radius 2 is 0.977 bits per heavy atom. The summed E-state index contributed by atoms with van der Waals surface area (Å²) in [7, 11) is 0. The van der Waals surface area contributed by atoms with Crippen molar-refractivity contribution in [2.45, 2.75) is 87.5 Å². The molecule has 7 unspecified atom stereocenters. The van der Waals surface area contributed by atoms with Crippen LogP contribution in [0.25, 0.3) is 0 Å². The van der Waals surface area contributed by atoms with Crippen LogP contribution in [0.5, 0.6) is 0 Å². The summed E-state index contributed by atoms with van der Waals surface area (Å²) >= 11 is 0. The third kappa shape index (κ3) is 5.23. The summed E-state index contributed by atoms with van der Waals surface area (Å²) in [6.45, 7) is 24.4. The van der Waals surface area contributed by atoms with E-state index in [2.05, 4.69) is 166 Å². The third-order valence-corrected chi connectivity index (χ3v) is 12.4. The molecule has 0 spiro atoms. The topological polar surface area (TPSA) is 0 Å². The van der Waals surface area contributed by atoms with Crippen LogP contribution in [0.2, 0.25) is 0 Å². The van der Waals surface area contributed by atoms with Gasteiger partial charge in [0.25, 0.3) is 0 Å². The summed E-state index contributed by atoms with van der Waals surface area (Å²) < 4.78 is 0. The lowest BCUT2D eigenvalue weighted by molar-refractivity contribution is 0.126. The first-order valence-corrected chi connectivity index (χ1v) is 17.6. The van der Waals surface area contributed by atoms with E-state index >= 15 is 0 Å². The van der Waals surface area contributed by atoms with Crippen molar-refractivity contribution in [1.29, 1.82) is 0 Å². The van der Waals surface area contributed by atoms with E-state index in [-0.39, 0.29) is 16.2 Å². The van der Waals surface area contributed by atoms with Gasteiger partial charge in [0.05, 0.1) is 0 Å². The van der Waals surface area contributed by atoms with E-state index in [1.54, 1.807) is 0 Å². The van der Waals surface area contributed by atoms with Crippen LogP contribution in [-0.2, 0) is 5.41 Å². The van der Waals surface area contributed by atoms with Gasteiger partial charge in [-0.05, 0) is 98.7 Å². The molecule has 0 bridgehead atoms. The quantitative estimate of drug-likeness (QED) is 0.334. The molecule has 6 rings (SSSR count). The minimum absolute atomic E-state index is 0.0976. The number of fused-ring (bicyclic) bond motifs is 3. The number of hydrogen-bond donors (Lipinski definition) is 0. The van der Waals surface area contributed by atoms with Crippen molar-refractivity contribution in [2.75, 3.05) is 0 Å². The lowest BCUT2D eigenvalue weighted by atomic mass is 9.51. The van der Waals surface area contributed by atoms with Crippen LogP contribution >= 0.6 is 0 Å². The molecule has 2 fully saturated rings. The average molecular weight is 587 g/mol. The van der Waals surface area contributed by atoms with Gasteiger partial charge in [0.2, 0.25) is 0 Å². The Hall–Kier alpha value is -2.60. The first kappa shape index (κ1) is 31.4. The lowest BCUT2D eigenvalue weighted by Gasteiger charge is -2.51. The second kappa shape index (κ2) is 11.0. The van der Waals surface area contributed by atoms with Gasteiger partial charge >= 0.3 is 0 Å². The third-order valence-electron chi connectivity index (χ3n) is 12.4. The van der Waals surface area contributed by atoms with E-state index in [1.807, 2.05) is 0 Å². The van der Waals surface area contributed by atoms with E-state index in [1.165, 1.54) is 35.1 Å². The molecule has 0 amide bonds. The summed E-state index contributed by atoms with van der Waals surface area (Å²) in [5.74, 6) is 4.39. The Morgan fingerprint density at radius 3 is 1.34 bits per heavy atom. The van der Waals surface area contributed by atoms with Crippen molar-refractivity contribution in [2.24, 2.45) is 63.6 Å². The van der Waals surface area contributed by atoms with E-state index < -0.39 is 0 Å². The average Bonchev–Trinajstić information content (AvgIpc) is 3.52. The number of allylic oxidation sites excluding steroid dienone is 8. The molecule has 234 valence electrons. The molecule has 0 saturated heterocycles. The fourth-order valence-corrected chi connectivity index (χ4v) is 10.00. The zero-order valence-electron chi connectivity index (χ0n) is 29.3. The molecule has 2 saturated carbocycles. The Labute approximate surface area is 269 Å². The molecule has 0 aromatic heterocycles. The molecule has 2 aromatic carbocycles. The molecule has 0 heteroatoms. The first-order valence-electron chi connectivity index (χ1n) is 17.6. The van der Waals surface area contributed by atoms with Crippen LogP contribution < -0.4 is 0 Å². The number of benzene rings is 2. The van der Waals surface area contributed by atoms with Crippen molar-refractivity contribution >= 4 is 0 Å². The van der Waals surface area contributed by atoms with E-state index in [9.17, 15) is 0 Å². The normalized spacial score (nSPS) is 32.2. The van der Waals surface area contributed by atoms with Gasteiger partial charge in [-0.3, -0.25) is 0 Å². The molecule has 7 atom stereocenters. The van der Waals surface area contributed by atoms with Gasteiger partial charge in [0.15, 0.2) is 0 Å². The first-order chi connectivity index (χ1) is 20.6. The van der Waals surface area contributed by atoms with Gasteiger partial charge in [-0.1, -0.05) is 166 Å². The molecular weight excluding hydrogens is 528 g/mol. The maximum absolute atomic E-state index is 2.76. The van der Waals surface area contributed by atoms with Gasteiger partial charge in [-0.15, -0.1) is 0 Å². The summed E-state index contributed by atoms with van der Waals surface area (Å²) in [6.07, 6.45) is 18.3. The van der Waals surface area contributed by atoms with Crippen LogP contribution in [-0.4, -0.2) is 0 Å². The van der Waals surface area contributed by atoms with E-state index in [0.29, 0.717) is 46.8 Å². The Morgan fingerprint density at radius 1 is 0.545 bits per heavy atom. The molecule has 0 nitrogen and oxygen atoms in total. The predicted molar refractivity (Wildman–Crippen MR) is 189 cm³/mol. The number of hydrogen-bond acceptors (Lipinski definition) is 0. The van der Waals surface area contributed by atoms with Crippen molar-refractivity contribution in [3.63, 3.8) is 0 Å². The van der Waals surface area contributed by atoms with Gasteiger partial charge in [0.1, 0.15) is 0 Å². The minimum atomic E-state index is -0.0976. The van der Waals surface area contributed by atoms with Gasteiger partial charge in [-0.25, -0.2) is 0 Å². The summed E-state index contributed by atoms with van der Waals surface area (Å²) in [6, 6.07) is 23.7. The molecule has 4 aliphatic carbocycles. The maximum atomic E-state index is 2.76. The zero-order chi connectivity index (χ0) is 31.7. The van der Waals surface area contributed by atoms with Crippen LogP contribution in [0.1, 0.15) is 93.2 Å². The minimum Gasteiger partial charge on any atom is -0.0799 e. The molecule has 0 radical (unpaired) electrons. The summed E-state index contributed by atoms with van der Waals surface area (Å²) in [5, 5.41) is 0. The fraction of sp³-hybridized carbons (Fsp3) is 0.545. The Bertz CT molecular complexity index is 1350. The maximum Gasteiger partial charge on any atom is 0.0273 e. The van der Waals surface area contributed by atoms with E-state index in [4.69, 9.17) is 0 Å². The Kier molecular flexibility index (Phi) is 7.87. The largest absolute Gasteiger partial charge is 0.0799 e. The highest BCUT2D eigenvalue weighted by Gasteiger charge is 2.62. The standard InChI is InChI=1S/C44H58/c1-29-25-34(43(8,9)10)28-39(29)44(30-17-13-11-14-18-30,31-19-15-12-16-20-31)40-37-26-32(41(2,3)4)21-23-35(37)36-24-22-33(27-38(36)40)42(5,6)7/h11-24,26-27,29,34-40H,25,28H2,1-10H3. The molecule has 0 aliphatic heterocycles. The van der Waals surface area contributed by atoms with Gasteiger partial charge in [-0.2, -0.15) is 0 Å². The van der Waals surface area contributed by atoms with Gasteiger partial charge < -0.3 is 0 Å². The highest BCUT2D eigenvalue weighted by Crippen LogP contribution is 2.67. The number of rotatable bonds is 4. The van der Waals surface area contributed by atoms with Crippen LogP contribution in [0.15, 0.2) is 108 Å². The Balaban J connectivity index is 1.68. The smallest absolute Gasteiger partial charge is 0.0273 e. The highest BCUT2D eigenvalue weighted by molar-refractivity contribution is 5.48. The SMILES string of the molecule is CC1CC(C(C)(C)C)CC1C(c1ccccc1)(c1ccccc1)C1C2C=C(C(C)(C)C)C=CC2C2C=CC(C(C)(C)C)=CC21. The fourth-order valence-electron chi connectivity index (χ4n) is 10.00. The molecule has 4 aliphatic rings. The van der Waals surface area contributed by atoms with Crippen molar-refractivity contribution in [1.82, 2.24) is 0 Å². The van der Waals surface area contributed by atoms with Crippen molar-refractivity contribution in [3.8, 4) is 0 Å². The summed E-state index contributed by atoms with van der Waals surface area (Å²) in [4.78, 5) is 0. The zero-order valence-corrected chi connectivity index (χ0v) is 29.3. The predicted octanol–water partition coefficient (Wildman–Crippen LogP) is 11.9. The lowest BCUT2D eigenvalue weighted by Crippen LogP contribution is -2.49. The van der Waals surface area contributed by atoms with Crippen LogP contribution in [0, 0.1) is 63.6 Å². The second-order valence-electron chi connectivity index (χ2n) is 18.0. The second-order valence-corrected chi connectivity index (χ2v) is 18.0. The highest BCUT2D eigenvalue weighted by atomic mass is 14.7. The summed E-state index contributed by atoms with van der Waals surface area (Å²) in [5.41, 5.74) is 6.54. The molecule has 44 heavy (non-hydrogen) atoms. The monoisotopic (exact) mass is 586 g/mol. The van der Waals surface area contributed by atoms with Crippen molar-refractivity contribution < 1.29 is 0 Å². The van der Waals surface area contributed by atoms with Gasteiger partial charge in [0, 0.05) is 5.41 Å². The van der Waals surface area contributed by atoms with Crippen LogP contribution in [0.4, 0.5) is 0 Å². The van der Waals surface area contributed by atoms with E-state index in [0.717, 1.165) is 5.92 Å². The molecule has 0 heterocycles. The molecule has 0 N–H and O–H groups in total. The van der Waals surface area contributed by atoms with Crippen molar-refractivity contribution in [3.05, 3.63) is 119 Å². The molecular formula is C44H58. The van der Waals surface area contributed by atoms with Crippen LogP contribution in [0.3, 0.4) is 0 Å². The molecule has 2 aromatic rings.